The Morgan fingerprint density at radius 1 is 1.43 bits per heavy atom. The number of methoxy groups -OCH3 is 1. The molecule has 1 aromatic rings. The molecule has 0 amide bonds. The number of guanidine groups is 1. The van der Waals surface area contributed by atoms with Crippen LogP contribution in [0.1, 0.15) is 18.1 Å². The smallest absolute Gasteiger partial charge is 0.191 e. The summed E-state index contributed by atoms with van der Waals surface area (Å²) in [6.45, 7) is 4.07. The first-order valence-corrected chi connectivity index (χ1v) is 6.41. The molecule has 116 valence electrons. The maximum Gasteiger partial charge on any atom is 0.191 e. The van der Waals surface area contributed by atoms with Gasteiger partial charge in [0, 0.05) is 25.8 Å². The summed E-state index contributed by atoms with van der Waals surface area (Å²) >= 11 is 0. The van der Waals surface area contributed by atoms with Gasteiger partial charge >= 0.3 is 0 Å². The lowest BCUT2D eigenvalue weighted by Crippen LogP contribution is -2.38. The molecule has 2 N–H and O–H groups in total. The molecule has 0 saturated heterocycles. The van der Waals surface area contributed by atoms with Crippen LogP contribution >= 0.6 is 24.0 Å². The van der Waals surface area contributed by atoms with E-state index in [1.807, 2.05) is 13.0 Å². The summed E-state index contributed by atoms with van der Waals surface area (Å²) in [5.41, 5.74) is 0.758. The second kappa shape index (κ2) is 11.3. The lowest BCUT2D eigenvalue weighted by molar-refractivity contribution is 0.203. The number of halogens is 2. The van der Waals surface area contributed by atoms with Gasteiger partial charge in [0.25, 0.3) is 0 Å². The van der Waals surface area contributed by atoms with Crippen LogP contribution in [0.2, 0.25) is 0 Å². The monoisotopic (exact) mass is 406 g/mol. The largest absolute Gasteiger partial charge is 0.383 e. The maximum atomic E-state index is 13.7. The molecule has 0 bridgehead atoms. The minimum absolute atomic E-state index is 0. The van der Waals surface area contributed by atoms with Crippen molar-refractivity contribution < 1.29 is 9.13 Å². The first-order valence-electron chi connectivity index (χ1n) is 6.41. The van der Waals surface area contributed by atoms with Gasteiger partial charge in [0.2, 0.25) is 0 Å². The Morgan fingerprint density at radius 2 is 2.19 bits per heavy atom. The summed E-state index contributed by atoms with van der Waals surface area (Å²) in [6.07, 6.45) is 0. The van der Waals surface area contributed by atoms with Crippen molar-refractivity contribution in [1.29, 1.82) is 5.26 Å². The van der Waals surface area contributed by atoms with E-state index in [1.54, 1.807) is 19.2 Å². The predicted molar refractivity (Wildman–Crippen MR) is 91.2 cm³/mol. The highest BCUT2D eigenvalue weighted by Gasteiger charge is 2.04. The zero-order chi connectivity index (χ0) is 14.8. The van der Waals surface area contributed by atoms with Crippen molar-refractivity contribution in [1.82, 2.24) is 10.6 Å². The van der Waals surface area contributed by atoms with Crippen molar-refractivity contribution >= 4 is 29.9 Å². The summed E-state index contributed by atoms with van der Waals surface area (Å²) in [6, 6.07) is 6.28. The van der Waals surface area contributed by atoms with E-state index in [0.717, 1.165) is 0 Å². The fourth-order valence-corrected chi connectivity index (χ4v) is 1.52. The molecule has 7 heteroatoms. The summed E-state index contributed by atoms with van der Waals surface area (Å²) < 4.78 is 18.6. The maximum absolute atomic E-state index is 13.7. The second-order valence-corrected chi connectivity index (χ2v) is 4.03. The van der Waals surface area contributed by atoms with E-state index in [-0.39, 0.29) is 30.5 Å². The molecule has 0 spiro atoms. The van der Waals surface area contributed by atoms with Gasteiger partial charge in [0.1, 0.15) is 5.82 Å². The van der Waals surface area contributed by atoms with Gasteiger partial charge in [-0.1, -0.05) is 6.07 Å². The van der Waals surface area contributed by atoms with E-state index < -0.39 is 5.82 Å². The Bertz CT molecular complexity index is 502. The second-order valence-electron chi connectivity index (χ2n) is 4.03. The fourth-order valence-electron chi connectivity index (χ4n) is 1.52. The summed E-state index contributed by atoms with van der Waals surface area (Å²) in [7, 11) is 1.62. The van der Waals surface area contributed by atoms with Gasteiger partial charge < -0.3 is 15.4 Å². The highest BCUT2D eigenvalue weighted by Crippen LogP contribution is 2.10. The molecule has 0 radical (unpaired) electrons. The normalized spacial score (nSPS) is 10.5. The van der Waals surface area contributed by atoms with Crippen molar-refractivity contribution in [3.63, 3.8) is 0 Å². The van der Waals surface area contributed by atoms with Crippen molar-refractivity contribution in [3.8, 4) is 6.07 Å². The van der Waals surface area contributed by atoms with Crippen LogP contribution < -0.4 is 10.6 Å². The Morgan fingerprint density at radius 3 is 2.76 bits per heavy atom. The lowest BCUT2D eigenvalue weighted by atomic mass is 10.1. The Hall–Kier alpha value is -1.40. The predicted octanol–water partition coefficient (Wildman–Crippen LogP) is 2.02. The van der Waals surface area contributed by atoms with Gasteiger partial charge in [-0.15, -0.1) is 24.0 Å². The Kier molecular flexibility index (Phi) is 10.5. The Labute approximate surface area is 141 Å². The molecular formula is C14H20FIN4O. The number of ether oxygens (including phenoxy) is 1. The van der Waals surface area contributed by atoms with Crippen LogP contribution in [0.3, 0.4) is 0 Å². The fraction of sp³-hybridized carbons (Fsp3) is 0.429. The van der Waals surface area contributed by atoms with Crippen molar-refractivity contribution in [2.45, 2.75) is 13.5 Å². The van der Waals surface area contributed by atoms with Gasteiger partial charge in [0.05, 0.1) is 24.8 Å². The molecule has 0 aromatic heterocycles. The molecule has 0 unspecified atom stereocenters. The first kappa shape index (κ1) is 19.6. The molecule has 21 heavy (non-hydrogen) atoms. The molecule has 0 heterocycles. The third-order valence-corrected chi connectivity index (χ3v) is 2.53. The standard InChI is InChI=1S/C14H19FN4O.HI/c1-3-17-14(18-6-7-20-2)19-10-12-5-4-11(9-16)8-13(12)15;/h4-5,8H,3,6-7,10H2,1-2H3,(H2,17,18,19);1H. The molecule has 0 aliphatic carbocycles. The SMILES string of the molecule is CCNC(=NCc1ccc(C#N)cc1F)NCCOC.I. The molecular weight excluding hydrogens is 386 g/mol. The average molecular weight is 406 g/mol. The third-order valence-electron chi connectivity index (χ3n) is 2.53. The minimum Gasteiger partial charge on any atom is -0.383 e. The summed E-state index contributed by atoms with van der Waals surface area (Å²) in [4.78, 5) is 4.29. The molecule has 0 saturated carbocycles. The number of benzene rings is 1. The van der Waals surface area contributed by atoms with Gasteiger partial charge in [-0.05, 0) is 19.1 Å². The highest BCUT2D eigenvalue weighted by atomic mass is 127. The van der Waals surface area contributed by atoms with E-state index in [2.05, 4.69) is 15.6 Å². The number of nitrogens with one attached hydrogen (secondary N) is 2. The van der Waals surface area contributed by atoms with E-state index in [4.69, 9.17) is 10.00 Å². The number of nitrogens with zero attached hydrogens (tertiary/aromatic N) is 2. The third kappa shape index (κ3) is 7.24. The van der Waals surface area contributed by atoms with E-state index >= 15 is 0 Å². The van der Waals surface area contributed by atoms with Crippen LogP contribution in [0.15, 0.2) is 23.2 Å². The van der Waals surface area contributed by atoms with Gasteiger partial charge in [0.15, 0.2) is 5.96 Å². The van der Waals surface area contributed by atoms with E-state index in [0.29, 0.717) is 36.8 Å². The number of hydrogen-bond acceptors (Lipinski definition) is 3. The molecule has 0 fully saturated rings. The van der Waals surface area contributed by atoms with Crippen LogP contribution in [-0.2, 0) is 11.3 Å². The molecule has 0 aliphatic heterocycles. The van der Waals surface area contributed by atoms with Crippen LogP contribution in [0, 0.1) is 17.1 Å². The zero-order valence-electron chi connectivity index (χ0n) is 12.1. The molecule has 0 aliphatic rings. The van der Waals surface area contributed by atoms with Crippen molar-refractivity contribution in [2.24, 2.45) is 4.99 Å². The average Bonchev–Trinajstić information content (AvgIpc) is 2.45. The number of nitriles is 1. The van der Waals surface area contributed by atoms with Crippen molar-refractivity contribution in [2.75, 3.05) is 26.8 Å². The van der Waals surface area contributed by atoms with E-state index in [9.17, 15) is 4.39 Å². The Balaban J connectivity index is 0.00000400. The van der Waals surface area contributed by atoms with Crippen LogP contribution in [0.25, 0.3) is 0 Å². The van der Waals surface area contributed by atoms with Gasteiger partial charge in [-0.25, -0.2) is 9.38 Å². The van der Waals surface area contributed by atoms with Gasteiger partial charge in [-0.3, -0.25) is 0 Å². The van der Waals surface area contributed by atoms with Crippen LogP contribution in [0.5, 0.6) is 0 Å². The number of hydrogen-bond donors (Lipinski definition) is 2. The van der Waals surface area contributed by atoms with Crippen LogP contribution in [-0.4, -0.2) is 32.8 Å². The first-order chi connectivity index (χ1) is 9.71. The zero-order valence-corrected chi connectivity index (χ0v) is 14.5. The van der Waals surface area contributed by atoms with Gasteiger partial charge in [-0.2, -0.15) is 5.26 Å². The quantitative estimate of drug-likeness (QED) is 0.328. The number of aliphatic imine (C=N–C) groups is 1. The molecule has 5 nitrogen and oxygen atoms in total. The van der Waals surface area contributed by atoms with E-state index in [1.165, 1.54) is 6.07 Å². The molecule has 1 rings (SSSR count). The number of rotatable bonds is 6. The summed E-state index contributed by atoms with van der Waals surface area (Å²) in [5.74, 6) is 0.189. The molecule has 0 atom stereocenters. The lowest BCUT2D eigenvalue weighted by Gasteiger charge is -2.10. The topological polar surface area (TPSA) is 69.4 Å². The highest BCUT2D eigenvalue weighted by molar-refractivity contribution is 14.0. The minimum atomic E-state index is -0.416. The summed E-state index contributed by atoms with van der Waals surface area (Å²) in [5, 5.41) is 14.8. The molecule has 1 aromatic carbocycles. The van der Waals surface area contributed by atoms with Crippen LogP contribution in [0.4, 0.5) is 4.39 Å². The van der Waals surface area contributed by atoms with Crippen molar-refractivity contribution in [3.05, 3.63) is 35.1 Å².